The highest BCUT2D eigenvalue weighted by molar-refractivity contribution is 5.97. The molecule has 0 fully saturated rings. The average Bonchev–Trinajstić information content (AvgIpc) is 2.49. The summed E-state index contributed by atoms with van der Waals surface area (Å²) in [6.45, 7) is 1.68. The number of aromatic hydroxyl groups is 2. The number of hydrogen-bond donors (Lipinski definition) is 4. The molecule has 1 aromatic carbocycles. The number of carbonyl (C=O) groups excluding carboxylic acids is 1. The topological polar surface area (TPSA) is 107 Å². The van der Waals surface area contributed by atoms with Crippen LogP contribution >= 0.6 is 0 Å². The van der Waals surface area contributed by atoms with Crippen molar-refractivity contribution in [2.45, 2.75) is 44.5 Å². The van der Waals surface area contributed by atoms with Crippen LogP contribution < -0.4 is 0 Å². The van der Waals surface area contributed by atoms with Crippen LogP contribution in [0.3, 0.4) is 0 Å². The summed E-state index contributed by atoms with van der Waals surface area (Å²) in [4.78, 5) is 12.3. The summed E-state index contributed by atoms with van der Waals surface area (Å²) in [5.74, 6) is -1.22. The van der Waals surface area contributed by atoms with Gasteiger partial charge in [-0.3, -0.25) is 0 Å². The van der Waals surface area contributed by atoms with Gasteiger partial charge < -0.3 is 25.2 Å². The Morgan fingerprint density at radius 3 is 2.67 bits per heavy atom. The van der Waals surface area contributed by atoms with Gasteiger partial charge in [0.05, 0.1) is 12.2 Å². The number of esters is 1. The van der Waals surface area contributed by atoms with Crippen molar-refractivity contribution < 1.29 is 30.0 Å². The van der Waals surface area contributed by atoms with Crippen molar-refractivity contribution in [1.29, 1.82) is 0 Å². The maximum absolute atomic E-state index is 12.3. The van der Waals surface area contributed by atoms with E-state index in [-0.39, 0.29) is 17.1 Å². The molecule has 6 nitrogen and oxygen atoms in total. The number of fused-ring (bicyclic) bond motifs is 1. The van der Waals surface area contributed by atoms with E-state index in [0.717, 1.165) is 6.07 Å². The molecule has 0 aliphatic carbocycles. The highest BCUT2D eigenvalue weighted by Crippen LogP contribution is 2.29. The monoisotopic (exact) mass is 334 g/mol. The first-order valence-corrected chi connectivity index (χ1v) is 7.84. The maximum Gasteiger partial charge on any atom is 0.342 e. The zero-order valence-corrected chi connectivity index (χ0v) is 13.4. The third-order valence-electron chi connectivity index (χ3n) is 3.77. The fourth-order valence-electron chi connectivity index (χ4n) is 2.46. The van der Waals surface area contributed by atoms with Gasteiger partial charge in [0.1, 0.15) is 23.2 Å². The number of phenolic OH excluding ortho intramolecular Hbond substituents is 2. The second-order valence-corrected chi connectivity index (χ2v) is 5.85. The number of hydrogen-bond acceptors (Lipinski definition) is 6. The Morgan fingerprint density at radius 1 is 1.17 bits per heavy atom. The molecule has 2 rings (SSSR count). The van der Waals surface area contributed by atoms with Crippen LogP contribution in [0.2, 0.25) is 0 Å². The largest absolute Gasteiger partial charge is 0.508 e. The lowest BCUT2D eigenvalue weighted by Gasteiger charge is -2.16. The minimum Gasteiger partial charge on any atom is -0.508 e. The Morgan fingerprint density at radius 2 is 1.92 bits per heavy atom. The van der Waals surface area contributed by atoms with Crippen LogP contribution in [0.4, 0.5) is 0 Å². The predicted octanol–water partition coefficient (Wildman–Crippen LogP) is 2.12. The van der Waals surface area contributed by atoms with E-state index >= 15 is 0 Å². The van der Waals surface area contributed by atoms with E-state index in [1.165, 1.54) is 12.1 Å². The highest BCUT2D eigenvalue weighted by Gasteiger charge is 2.20. The molecule has 130 valence electrons. The Kier molecular flexibility index (Phi) is 6.00. The van der Waals surface area contributed by atoms with E-state index in [1.54, 1.807) is 25.2 Å². The Labute approximate surface area is 140 Å². The number of cyclic esters (lactones) is 1. The van der Waals surface area contributed by atoms with Crippen molar-refractivity contribution in [3.8, 4) is 11.5 Å². The summed E-state index contributed by atoms with van der Waals surface area (Å²) in [6, 6.07) is 2.44. The van der Waals surface area contributed by atoms with E-state index in [9.17, 15) is 25.2 Å². The van der Waals surface area contributed by atoms with Gasteiger partial charge in [-0.15, -0.1) is 0 Å². The highest BCUT2D eigenvalue weighted by atomic mass is 16.5. The molecule has 6 heteroatoms. The molecule has 1 aliphatic rings. The Bertz CT molecular complexity index is 649. The standard InChI is InChI=1S/C18H22O6/c1-11-5-4-8-15(21)14(20)7-3-2-6-12-9-13(19)10-16(22)17(12)18(23)24-11/h2,4,6,8-11,14-15,19-22H,3,5,7H2,1H3/t11-,14-,15+/m0/s1. The van der Waals surface area contributed by atoms with Crippen molar-refractivity contribution in [1.82, 2.24) is 0 Å². The quantitative estimate of drug-likeness (QED) is 0.428. The number of benzene rings is 1. The van der Waals surface area contributed by atoms with Gasteiger partial charge in [-0.25, -0.2) is 4.79 Å². The van der Waals surface area contributed by atoms with Crippen molar-refractivity contribution in [2.75, 3.05) is 0 Å². The third kappa shape index (κ3) is 4.59. The van der Waals surface area contributed by atoms with Gasteiger partial charge >= 0.3 is 5.97 Å². The molecule has 3 atom stereocenters. The number of ether oxygens (including phenoxy) is 1. The minimum absolute atomic E-state index is 0.0162. The molecule has 24 heavy (non-hydrogen) atoms. The van der Waals surface area contributed by atoms with Gasteiger partial charge in [-0.05, 0) is 31.4 Å². The molecule has 0 saturated carbocycles. The van der Waals surface area contributed by atoms with E-state index in [1.807, 2.05) is 0 Å². The molecule has 1 aromatic rings. The molecule has 4 N–H and O–H groups in total. The molecule has 0 aromatic heterocycles. The summed E-state index contributed by atoms with van der Waals surface area (Å²) in [5, 5.41) is 39.3. The molecule has 1 aliphatic heterocycles. The first kappa shape index (κ1) is 18.0. The van der Waals surface area contributed by atoms with Gasteiger partial charge in [0, 0.05) is 12.5 Å². The number of aliphatic hydroxyl groups is 2. The molecule has 0 radical (unpaired) electrons. The average molecular weight is 334 g/mol. The van der Waals surface area contributed by atoms with Crippen LogP contribution in [-0.2, 0) is 4.74 Å². The van der Waals surface area contributed by atoms with Crippen LogP contribution in [0, 0.1) is 0 Å². The number of phenols is 2. The molecule has 0 spiro atoms. The van der Waals surface area contributed by atoms with Crippen molar-refractivity contribution in [3.63, 3.8) is 0 Å². The molecule has 0 bridgehead atoms. The van der Waals surface area contributed by atoms with Gasteiger partial charge in [0.15, 0.2) is 0 Å². The fourth-order valence-corrected chi connectivity index (χ4v) is 2.46. The number of carbonyl (C=O) groups is 1. The SMILES string of the molecule is C[C@H]1CC=C[C@@H](O)[C@@H](O)CCC=Cc2cc(O)cc(O)c2C(=O)O1. The van der Waals surface area contributed by atoms with E-state index < -0.39 is 24.3 Å². The summed E-state index contributed by atoms with van der Waals surface area (Å²) >= 11 is 0. The molecule has 0 amide bonds. The van der Waals surface area contributed by atoms with Crippen LogP contribution in [0.15, 0.2) is 30.4 Å². The van der Waals surface area contributed by atoms with Crippen LogP contribution in [0.1, 0.15) is 42.1 Å². The van der Waals surface area contributed by atoms with E-state index in [2.05, 4.69) is 0 Å². The van der Waals surface area contributed by atoms with Gasteiger partial charge in [0.2, 0.25) is 0 Å². The lowest BCUT2D eigenvalue weighted by atomic mass is 10.0. The Hall–Kier alpha value is -2.31. The summed E-state index contributed by atoms with van der Waals surface area (Å²) in [5.41, 5.74) is 0.310. The molecule has 1 heterocycles. The zero-order chi connectivity index (χ0) is 17.7. The van der Waals surface area contributed by atoms with Gasteiger partial charge in [0.25, 0.3) is 0 Å². The molecular weight excluding hydrogens is 312 g/mol. The first-order valence-electron chi connectivity index (χ1n) is 7.84. The van der Waals surface area contributed by atoms with Crippen molar-refractivity contribution >= 4 is 12.0 Å². The fraction of sp³-hybridized carbons (Fsp3) is 0.389. The van der Waals surface area contributed by atoms with E-state index in [0.29, 0.717) is 24.8 Å². The molecule has 0 unspecified atom stereocenters. The lowest BCUT2D eigenvalue weighted by Crippen LogP contribution is -2.23. The molecular formula is C18H22O6. The maximum atomic E-state index is 12.3. The van der Waals surface area contributed by atoms with Gasteiger partial charge in [-0.2, -0.15) is 0 Å². The number of aliphatic hydroxyl groups excluding tert-OH is 2. The lowest BCUT2D eigenvalue weighted by molar-refractivity contribution is 0.0337. The van der Waals surface area contributed by atoms with E-state index in [4.69, 9.17) is 4.74 Å². The predicted molar refractivity (Wildman–Crippen MR) is 88.7 cm³/mol. The van der Waals surface area contributed by atoms with Crippen LogP contribution in [0.5, 0.6) is 11.5 Å². The first-order chi connectivity index (χ1) is 11.4. The summed E-state index contributed by atoms with van der Waals surface area (Å²) in [7, 11) is 0. The normalized spacial score (nSPS) is 25.6. The zero-order valence-electron chi connectivity index (χ0n) is 13.4. The second kappa shape index (κ2) is 7.99. The summed E-state index contributed by atoms with van der Waals surface area (Å²) in [6.07, 6.45) is 5.18. The minimum atomic E-state index is -0.982. The molecule has 0 saturated heterocycles. The third-order valence-corrected chi connectivity index (χ3v) is 3.77. The smallest absolute Gasteiger partial charge is 0.342 e. The summed E-state index contributed by atoms with van der Waals surface area (Å²) < 4.78 is 5.29. The van der Waals surface area contributed by atoms with Crippen LogP contribution in [0.25, 0.3) is 6.08 Å². The van der Waals surface area contributed by atoms with Crippen molar-refractivity contribution in [3.05, 3.63) is 41.5 Å². The Balaban J connectivity index is 2.36. The number of rotatable bonds is 0. The van der Waals surface area contributed by atoms with Crippen molar-refractivity contribution in [2.24, 2.45) is 0 Å². The second-order valence-electron chi connectivity index (χ2n) is 5.85. The number of allylic oxidation sites excluding steroid dienone is 1. The van der Waals surface area contributed by atoms with Gasteiger partial charge in [-0.1, -0.05) is 24.3 Å². The van der Waals surface area contributed by atoms with Crippen LogP contribution in [-0.4, -0.2) is 44.7 Å².